The monoisotopic (exact) mass is 227 g/mol. The van der Waals surface area contributed by atoms with Gasteiger partial charge in [0, 0.05) is 6.61 Å². The van der Waals surface area contributed by atoms with Crippen molar-refractivity contribution in [3.8, 4) is 0 Å². The van der Waals surface area contributed by atoms with Crippen LogP contribution in [0.4, 0.5) is 0 Å². The predicted molar refractivity (Wildman–Crippen MR) is 64.6 cm³/mol. The van der Waals surface area contributed by atoms with Crippen molar-refractivity contribution in [2.24, 2.45) is 5.92 Å². The lowest BCUT2D eigenvalue weighted by atomic mass is 9.99. The minimum atomic E-state index is 0.0722. The van der Waals surface area contributed by atoms with Crippen LogP contribution in [0.3, 0.4) is 0 Å². The van der Waals surface area contributed by atoms with Crippen LogP contribution < -0.4 is 5.32 Å². The van der Waals surface area contributed by atoms with Crippen LogP contribution in [-0.4, -0.2) is 38.0 Å². The number of rotatable bonds is 4. The third-order valence-electron chi connectivity index (χ3n) is 3.67. The summed E-state index contributed by atoms with van der Waals surface area (Å²) < 4.78 is 11.7. The quantitative estimate of drug-likeness (QED) is 0.796. The molecule has 94 valence electrons. The fourth-order valence-corrected chi connectivity index (χ4v) is 2.61. The Morgan fingerprint density at radius 2 is 1.94 bits per heavy atom. The van der Waals surface area contributed by atoms with Gasteiger partial charge in [-0.2, -0.15) is 0 Å². The molecule has 3 heteroatoms. The molecule has 3 nitrogen and oxygen atoms in total. The fraction of sp³-hybridized carbons (Fsp3) is 1.00. The highest BCUT2D eigenvalue weighted by atomic mass is 16.5. The summed E-state index contributed by atoms with van der Waals surface area (Å²) in [6.45, 7) is 8.34. The Morgan fingerprint density at radius 3 is 2.56 bits per heavy atom. The second-order valence-electron chi connectivity index (χ2n) is 5.77. The second kappa shape index (κ2) is 5.48. The maximum atomic E-state index is 5.90. The molecule has 16 heavy (non-hydrogen) atoms. The third kappa shape index (κ3) is 3.72. The van der Waals surface area contributed by atoms with E-state index in [9.17, 15) is 0 Å². The molecule has 1 N–H and O–H groups in total. The van der Waals surface area contributed by atoms with Crippen molar-refractivity contribution in [2.75, 3.05) is 26.3 Å². The number of hydrogen-bond donors (Lipinski definition) is 1. The van der Waals surface area contributed by atoms with Gasteiger partial charge in [0.2, 0.25) is 0 Å². The molecule has 0 amide bonds. The molecule has 0 aliphatic carbocycles. The molecule has 1 atom stereocenters. The Kier molecular flexibility index (Phi) is 4.22. The Labute approximate surface area is 98.9 Å². The Morgan fingerprint density at radius 1 is 1.19 bits per heavy atom. The first-order valence-corrected chi connectivity index (χ1v) is 6.62. The van der Waals surface area contributed by atoms with Gasteiger partial charge in [-0.25, -0.2) is 0 Å². The number of piperidine rings is 1. The van der Waals surface area contributed by atoms with E-state index in [4.69, 9.17) is 9.47 Å². The summed E-state index contributed by atoms with van der Waals surface area (Å²) in [4.78, 5) is 0. The zero-order chi connectivity index (χ0) is 11.4. The maximum Gasteiger partial charge on any atom is 0.0816 e. The molecule has 2 saturated heterocycles. The highest BCUT2D eigenvalue weighted by Gasteiger charge is 2.31. The van der Waals surface area contributed by atoms with Gasteiger partial charge in [0.25, 0.3) is 0 Å². The second-order valence-corrected chi connectivity index (χ2v) is 5.77. The van der Waals surface area contributed by atoms with E-state index in [1.165, 1.54) is 12.8 Å². The average Bonchev–Trinajstić information content (AvgIpc) is 2.60. The molecule has 0 bridgehead atoms. The van der Waals surface area contributed by atoms with Gasteiger partial charge in [-0.3, -0.25) is 0 Å². The lowest BCUT2D eigenvalue weighted by molar-refractivity contribution is -0.0587. The van der Waals surface area contributed by atoms with Crippen LogP contribution in [0.5, 0.6) is 0 Å². The molecule has 2 aliphatic rings. The van der Waals surface area contributed by atoms with E-state index < -0.39 is 0 Å². The van der Waals surface area contributed by atoms with E-state index in [0.717, 1.165) is 45.1 Å². The molecule has 0 spiro atoms. The Hall–Kier alpha value is -0.120. The Balaban J connectivity index is 1.58. The molecule has 0 aromatic heterocycles. The lowest BCUT2D eigenvalue weighted by Gasteiger charge is -2.23. The van der Waals surface area contributed by atoms with Gasteiger partial charge in [0.15, 0.2) is 0 Å². The van der Waals surface area contributed by atoms with E-state index in [0.29, 0.717) is 6.10 Å². The highest BCUT2D eigenvalue weighted by molar-refractivity contribution is 4.80. The first-order chi connectivity index (χ1) is 7.66. The molecule has 2 heterocycles. The molecule has 2 aliphatic heterocycles. The van der Waals surface area contributed by atoms with Gasteiger partial charge in [-0.05, 0) is 58.5 Å². The summed E-state index contributed by atoms with van der Waals surface area (Å²) in [6.07, 6.45) is 5.17. The van der Waals surface area contributed by atoms with Crippen LogP contribution in [-0.2, 0) is 9.47 Å². The van der Waals surface area contributed by atoms with E-state index in [-0.39, 0.29) is 5.60 Å². The number of ether oxygens (including phenoxy) is 2. The SMILES string of the molecule is CC1(C)CCC(COCC2CCNCC2)O1. The summed E-state index contributed by atoms with van der Waals surface area (Å²) in [5.41, 5.74) is 0.0722. The van der Waals surface area contributed by atoms with Crippen LogP contribution in [0.15, 0.2) is 0 Å². The van der Waals surface area contributed by atoms with Crippen molar-refractivity contribution in [1.29, 1.82) is 0 Å². The van der Waals surface area contributed by atoms with Crippen molar-refractivity contribution in [2.45, 2.75) is 51.2 Å². The summed E-state index contributed by atoms with van der Waals surface area (Å²) in [5, 5.41) is 3.38. The topological polar surface area (TPSA) is 30.5 Å². The molecule has 2 rings (SSSR count). The summed E-state index contributed by atoms with van der Waals surface area (Å²) >= 11 is 0. The fourth-order valence-electron chi connectivity index (χ4n) is 2.61. The summed E-state index contributed by atoms with van der Waals surface area (Å²) in [6, 6.07) is 0. The third-order valence-corrected chi connectivity index (χ3v) is 3.67. The van der Waals surface area contributed by atoms with E-state index in [1.54, 1.807) is 0 Å². The zero-order valence-corrected chi connectivity index (χ0v) is 10.6. The molecule has 2 fully saturated rings. The molecular weight excluding hydrogens is 202 g/mol. The van der Waals surface area contributed by atoms with Gasteiger partial charge in [-0.15, -0.1) is 0 Å². The highest BCUT2D eigenvalue weighted by Crippen LogP contribution is 2.29. The van der Waals surface area contributed by atoms with Crippen LogP contribution in [0.25, 0.3) is 0 Å². The summed E-state index contributed by atoms with van der Waals surface area (Å²) in [7, 11) is 0. The Bertz CT molecular complexity index is 212. The van der Waals surface area contributed by atoms with E-state index in [2.05, 4.69) is 19.2 Å². The largest absolute Gasteiger partial charge is 0.378 e. The molecule has 0 aromatic rings. The first kappa shape index (κ1) is 12.3. The van der Waals surface area contributed by atoms with Crippen molar-refractivity contribution < 1.29 is 9.47 Å². The van der Waals surface area contributed by atoms with E-state index >= 15 is 0 Å². The van der Waals surface area contributed by atoms with Crippen LogP contribution in [0.2, 0.25) is 0 Å². The smallest absolute Gasteiger partial charge is 0.0816 e. The zero-order valence-electron chi connectivity index (χ0n) is 10.6. The molecule has 0 aromatic carbocycles. The van der Waals surface area contributed by atoms with Gasteiger partial charge in [0.05, 0.1) is 18.3 Å². The van der Waals surface area contributed by atoms with Crippen LogP contribution >= 0.6 is 0 Å². The van der Waals surface area contributed by atoms with E-state index in [1.807, 2.05) is 0 Å². The summed E-state index contributed by atoms with van der Waals surface area (Å²) in [5.74, 6) is 0.760. The average molecular weight is 227 g/mol. The molecule has 0 saturated carbocycles. The minimum absolute atomic E-state index is 0.0722. The molecule has 0 radical (unpaired) electrons. The van der Waals surface area contributed by atoms with Gasteiger partial charge in [-0.1, -0.05) is 0 Å². The van der Waals surface area contributed by atoms with Crippen molar-refractivity contribution in [1.82, 2.24) is 5.32 Å². The maximum absolute atomic E-state index is 5.90. The van der Waals surface area contributed by atoms with Crippen LogP contribution in [0, 0.1) is 5.92 Å². The van der Waals surface area contributed by atoms with Crippen LogP contribution in [0.1, 0.15) is 39.5 Å². The van der Waals surface area contributed by atoms with Crippen molar-refractivity contribution >= 4 is 0 Å². The lowest BCUT2D eigenvalue weighted by Crippen LogP contribution is -2.31. The molecular formula is C13H25NO2. The standard InChI is InChI=1S/C13H25NO2/c1-13(2)6-3-12(16-13)10-15-9-11-4-7-14-8-5-11/h11-12,14H,3-10H2,1-2H3. The van der Waals surface area contributed by atoms with Gasteiger partial charge >= 0.3 is 0 Å². The normalized spacial score (nSPS) is 30.8. The first-order valence-electron chi connectivity index (χ1n) is 6.62. The number of hydrogen-bond acceptors (Lipinski definition) is 3. The van der Waals surface area contributed by atoms with Gasteiger partial charge in [0.1, 0.15) is 0 Å². The molecule has 1 unspecified atom stereocenters. The van der Waals surface area contributed by atoms with Crippen molar-refractivity contribution in [3.63, 3.8) is 0 Å². The number of nitrogens with one attached hydrogen (secondary N) is 1. The van der Waals surface area contributed by atoms with Crippen molar-refractivity contribution in [3.05, 3.63) is 0 Å². The van der Waals surface area contributed by atoms with Gasteiger partial charge < -0.3 is 14.8 Å². The minimum Gasteiger partial charge on any atom is -0.378 e. The predicted octanol–water partition coefficient (Wildman–Crippen LogP) is 1.96.